The van der Waals surface area contributed by atoms with Gasteiger partial charge in [0.15, 0.2) is 22.8 Å². The maximum absolute atomic E-state index is 12.3. The number of phosphoric acid groups is 1. The zero-order chi connectivity index (χ0) is 24.0. The fourth-order valence-corrected chi connectivity index (χ4v) is 5.68. The first-order chi connectivity index (χ1) is 15.6. The Balaban J connectivity index is 1.59. The van der Waals surface area contributed by atoms with Crippen molar-refractivity contribution in [3.05, 3.63) is 6.33 Å². The van der Waals surface area contributed by atoms with Gasteiger partial charge >= 0.3 is 7.82 Å². The molecule has 0 saturated carbocycles. The number of phosphoric ester groups is 1. The zero-order valence-corrected chi connectivity index (χ0v) is 20.1. The van der Waals surface area contributed by atoms with Gasteiger partial charge in [-0.1, -0.05) is 11.8 Å². The fraction of sp³-hybridized carbons (Fsp3) is 0.643. The van der Waals surface area contributed by atoms with E-state index in [1.54, 1.807) is 10.8 Å². The summed E-state index contributed by atoms with van der Waals surface area (Å²) in [5.74, 6) is 0.198. The normalized spacial score (nSPS) is 30.8. The van der Waals surface area contributed by atoms with Gasteiger partial charge in [0.05, 0.1) is 12.9 Å². The summed E-state index contributed by atoms with van der Waals surface area (Å²) in [7, 11) is -1.46. The van der Waals surface area contributed by atoms with Gasteiger partial charge in [0.25, 0.3) is 14.0 Å². The van der Waals surface area contributed by atoms with Crippen LogP contribution >= 0.6 is 27.1 Å². The Morgan fingerprint density at radius 1 is 1.27 bits per heavy atom. The van der Waals surface area contributed by atoms with E-state index < -0.39 is 52.9 Å². The molecule has 2 saturated heterocycles. The summed E-state index contributed by atoms with van der Waals surface area (Å²) in [6.45, 7) is -1.44. The molecule has 4 rings (SSSR count). The highest BCUT2D eigenvalue weighted by Crippen LogP contribution is 2.60. The third kappa shape index (κ3) is 5.14. The van der Waals surface area contributed by atoms with Gasteiger partial charge in [-0.3, -0.25) is 13.7 Å². The number of nitrogen functional groups attached to an aromatic ring is 1. The molecular weight excluding hydrogens is 503 g/mol. The molecule has 7 atom stereocenters. The van der Waals surface area contributed by atoms with Crippen molar-refractivity contribution in [3.63, 3.8) is 0 Å². The number of methoxy groups -OCH3 is 1. The van der Waals surface area contributed by atoms with E-state index in [4.69, 9.17) is 36.8 Å². The van der Waals surface area contributed by atoms with Crippen LogP contribution in [0.1, 0.15) is 6.23 Å². The Hall–Kier alpha value is -1.10. The van der Waals surface area contributed by atoms with Crippen LogP contribution in [0, 0.1) is 0 Å². The van der Waals surface area contributed by atoms with Crippen LogP contribution in [0.3, 0.4) is 0 Å². The first-order valence-corrected chi connectivity index (χ1v) is 13.6. The Bertz CT molecular complexity index is 1130. The highest BCUT2D eigenvalue weighted by Gasteiger charge is 2.54. The monoisotopic (exact) mass is 523 g/mol. The average molecular weight is 523 g/mol. The summed E-state index contributed by atoms with van der Waals surface area (Å²) in [6.07, 6.45) is 0.0920. The minimum Gasteiger partial charge on any atom is -0.382 e. The molecule has 0 aliphatic carbocycles. The number of hydrogen-bond acceptors (Lipinski definition) is 14. The van der Waals surface area contributed by atoms with E-state index in [0.717, 1.165) is 7.11 Å². The molecule has 0 amide bonds. The number of ether oxygens (including phenoxy) is 4. The van der Waals surface area contributed by atoms with E-state index >= 15 is 0 Å². The highest BCUT2D eigenvalue weighted by atomic mass is 32.2. The largest absolute Gasteiger partial charge is 0.478 e. The number of nitrogens with two attached hydrogens (primary N) is 1. The number of hydrogen-bond donors (Lipinski definition) is 2. The second-order valence-electron chi connectivity index (χ2n) is 6.78. The number of thioether (sulfide) groups is 1. The van der Waals surface area contributed by atoms with Gasteiger partial charge in [0, 0.05) is 14.2 Å². The van der Waals surface area contributed by atoms with Crippen LogP contribution in [-0.2, 0) is 41.4 Å². The molecule has 0 aromatic carbocycles. The van der Waals surface area contributed by atoms with Crippen LogP contribution in [0.15, 0.2) is 11.5 Å². The molecule has 180 valence electrons. The van der Waals surface area contributed by atoms with E-state index in [2.05, 4.69) is 23.8 Å². The summed E-state index contributed by atoms with van der Waals surface area (Å²) < 4.78 is 61.7. The molecule has 2 radical (unpaired) electrons. The molecule has 2 aliphatic heterocycles. The van der Waals surface area contributed by atoms with Crippen molar-refractivity contribution in [2.45, 2.75) is 36.2 Å². The quantitative estimate of drug-likeness (QED) is 0.203. The van der Waals surface area contributed by atoms with Crippen LogP contribution in [0.5, 0.6) is 0 Å². The topological polar surface area (TPSA) is 189 Å². The van der Waals surface area contributed by atoms with Crippen molar-refractivity contribution in [1.82, 2.24) is 19.5 Å². The lowest BCUT2D eigenvalue weighted by atomic mass is 10.1. The lowest BCUT2D eigenvalue weighted by molar-refractivity contribution is -0.256. The molecule has 19 heteroatoms. The highest BCUT2D eigenvalue weighted by molar-refractivity contribution is 7.98. The first-order valence-electron chi connectivity index (χ1n) is 9.23. The number of fused-ring (bicyclic) bond motifs is 2. The second-order valence-corrected chi connectivity index (χ2v) is 10.8. The molecule has 2 fully saturated rings. The van der Waals surface area contributed by atoms with Gasteiger partial charge in [0.2, 0.25) is 7.57 Å². The van der Waals surface area contributed by atoms with Crippen LogP contribution < -0.4 is 5.73 Å². The molecule has 7 unspecified atom stereocenters. The smallest absolute Gasteiger partial charge is 0.382 e. The van der Waals surface area contributed by atoms with Gasteiger partial charge in [-0.05, 0) is 6.26 Å². The van der Waals surface area contributed by atoms with E-state index in [0.29, 0.717) is 16.3 Å². The first kappa shape index (κ1) is 25.0. The van der Waals surface area contributed by atoms with E-state index in [-0.39, 0.29) is 5.82 Å². The van der Waals surface area contributed by atoms with Crippen LogP contribution in [0.4, 0.5) is 5.82 Å². The summed E-state index contributed by atoms with van der Waals surface area (Å²) in [5.41, 5.74) is 6.76. The van der Waals surface area contributed by atoms with Crippen molar-refractivity contribution in [2.75, 3.05) is 32.8 Å². The van der Waals surface area contributed by atoms with E-state index in [9.17, 15) is 14.0 Å². The molecule has 3 N–H and O–H groups in total. The van der Waals surface area contributed by atoms with Crippen molar-refractivity contribution < 1.29 is 46.3 Å². The van der Waals surface area contributed by atoms with Crippen LogP contribution in [-0.4, -0.2) is 83.8 Å². The fourth-order valence-electron chi connectivity index (χ4n) is 3.35. The molecule has 33 heavy (non-hydrogen) atoms. The third-order valence-corrected chi connectivity index (χ3v) is 8.02. The molecule has 2 aromatic heterocycles. The molecule has 0 spiro atoms. The van der Waals surface area contributed by atoms with Gasteiger partial charge in [0.1, 0.15) is 23.8 Å². The zero-order valence-electron chi connectivity index (χ0n) is 17.5. The second kappa shape index (κ2) is 9.51. The minimum atomic E-state index is -4.65. The Morgan fingerprint density at radius 2 is 2.00 bits per heavy atom. The molecule has 2 aliphatic rings. The van der Waals surface area contributed by atoms with Crippen LogP contribution in [0.25, 0.3) is 11.2 Å². The molecular formula is C14H20BN5O10P2S. The molecule has 0 bridgehead atoms. The summed E-state index contributed by atoms with van der Waals surface area (Å²) >= 11 is 1.30. The van der Waals surface area contributed by atoms with Crippen molar-refractivity contribution in [1.29, 1.82) is 0 Å². The minimum absolute atomic E-state index is 0.198. The number of imidazole rings is 1. The predicted molar refractivity (Wildman–Crippen MR) is 113 cm³/mol. The number of nitrogens with zero attached hydrogens (tertiary/aromatic N) is 4. The number of aromatic nitrogens is 4. The van der Waals surface area contributed by atoms with Crippen molar-refractivity contribution in [2.24, 2.45) is 0 Å². The Kier molecular flexibility index (Phi) is 7.21. The summed E-state index contributed by atoms with van der Waals surface area (Å²) in [4.78, 5) is 22.2. The Labute approximate surface area is 193 Å². The average Bonchev–Trinajstić information content (AvgIpc) is 3.45. The maximum atomic E-state index is 12.3. The lowest BCUT2D eigenvalue weighted by Gasteiger charge is -2.22. The maximum Gasteiger partial charge on any atom is 0.478 e. The van der Waals surface area contributed by atoms with Crippen molar-refractivity contribution >= 4 is 51.6 Å². The van der Waals surface area contributed by atoms with E-state index in [1.165, 1.54) is 25.2 Å². The number of anilines is 1. The van der Waals surface area contributed by atoms with Gasteiger partial charge < -0.3 is 34.1 Å². The van der Waals surface area contributed by atoms with Crippen molar-refractivity contribution in [3.8, 4) is 0 Å². The summed E-state index contributed by atoms with van der Waals surface area (Å²) in [6, 6.07) is 0. The van der Waals surface area contributed by atoms with Crippen LogP contribution in [0.2, 0.25) is 0 Å². The summed E-state index contributed by atoms with van der Waals surface area (Å²) in [5, 5.41) is 0.433. The lowest BCUT2D eigenvalue weighted by Crippen LogP contribution is -2.31. The van der Waals surface area contributed by atoms with Gasteiger partial charge in [-0.15, -0.1) is 0 Å². The molecule has 4 heterocycles. The molecule has 2 aromatic rings. The number of rotatable bonds is 9. The SMILES string of the molecule is [B]P(=O)(OCC1OC(n2cnc3c(N)nc(SC)nc32)C2OC(OC)OC12)OP(=O)(O)OC. The standard InChI is InChI=1S/C14H20BN5O10P2S/c1-24-14-28-8-6(4-26-31(15,21)30-32(22,23)25-2)27-12(9(8)29-14)20-5-17-7-10(16)18-13(33-3)19-11(7)20/h5-6,8-9,12,14H,4H2,1-3H3,(H,22,23)(H2,16,18,19). The third-order valence-electron chi connectivity index (χ3n) is 4.77. The molecule has 15 nitrogen and oxygen atoms in total. The van der Waals surface area contributed by atoms with Gasteiger partial charge in [-0.25, -0.2) is 23.8 Å². The predicted octanol–water partition coefficient (Wildman–Crippen LogP) is 0.798. The Morgan fingerprint density at radius 3 is 2.67 bits per heavy atom. The van der Waals surface area contributed by atoms with Gasteiger partial charge in [-0.2, -0.15) is 0 Å². The van der Waals surface area contributed by atoms with E-state index in [1.807, 2.05) is 0 Å².